The summed E-state index contributed by atoms with van der Waals surface area (Å²) in [5.74, 6) is 0.158. The summed E-state index contributed by atoms with van der Waals surface area (Å²) in [4.78, 5) is 21.5. The van der Waals surface area contributed by atoms with Crippen molar-refractivity contribution in [2.24, 2.45) is 7.05 Å². The number of thiazole rings is 1. The van der Waals surface area contributed by atoms with Crippen molar-refractivity contribution in [3.8, 4) is 5.75 Å². The molecule has 0 fully saturated rings. The number of carbonyl (C=O) groups is 1. The lowest BCUT2D eigenvalue weighted by Gasteiger charge is -2.07. The number of rotatable bonds is 11. The summed E-state index contributed by atoms with van der Waals surface area (Å²) >= 11 is 1.17. The molecule has 0 spiro atoms. The van der Waals surface area contributed by atoms with E-state index in [0.29, 0.717) is 64.9 Å². The fourth-order valence-corrected chi connectivity index (χ4v) is 4.37. The van der Waals surface area contributed by atoms with Gasteiger partial charge in [-0.05, 0) is 43.2 Å². The predicted octanol–water partition coefficient (Wildman–Crippen LogP) is 5.19. The number of alkyl halides is 3. The van der Waals surface area contributed by atoms with Crippen LogP contribution in [0.1, 0.15) is 29.6 Å². The molecule has 4 rings (SSSR count). The zero-order valence-electron chi connectivity index (χ0n) is 18.8. The topological polar surface area (TPSA) is 98.5 Å². The lowest BCUT2D eigenvalue weighted by molar-refractivity contribution is -0.274. The van der Waals surface area contributed by atoms with Crippen LogP contribution >= 0.6 is 11.3 Å². The molecule has 0 unspecified atom stereocenters. The van der Waals surface area contributed by atoms with Crippen molar-refractivity contribution in [3.05, 3.63) is 42.0 Å². The van der Waals surface area contributed by atoms with Gasteiger partial charge in [-0.15, -0.1) is 13.2 Å². The van der Waals surface area contributed by atoms with Gasteiger partial charge in [0.15, 0.2) is 10.9 Å². The maximum Gasteiger partial charge on any atom is 0.573 e. The third kappa shape index (κ3) is 6.27. The van der Waals surface area contributed by atoms with Crippen LogP contribution in [0.5, 0.6) is 5.75 Å². The van der Waals surface area contributed by atoms with Crippen molar-refractivity contribution < 1.29 is 32.5 Å². The number of imidazole rings is 1. The number of fused-ring (bicyclic) bond motifs is 2. The number of hydrogen-bond donors (Lipinski definition) is 2. The first-order valence-corrected chi connectivity index (χ1v) is 11.7. The van der Waals surface area contributed by atoms with E-state index in [-0.39, 0.29) is 18.1 Å². The normalized spacial score (nSPS) is 11.9. The van der Waals surface area contributed by atoms with Gasteiger partial charge in [-0.25, -0.2) is 9.97 Å². The Morgan fingerprint density at radius 2 is 1.91 bits per heavy atom. The largest absolute Gasteiger partial charge is 0.573 e. The number of aryl methyl sites for hydroxylation is 1. The van der Waals surface area contributed by atoms with Crippen LogP contribution in [0.2, 0.25) is 0 Å². The first kappa shape index (κ1) is 24.9. The summed E-state index contributed by atoms with van der Waals surface area (Å²) in [6.07, 6.45) is -3.26. The molecule has 0 bridgehead atoms. The van der Waals surface area contributed by atoms with E-state index in [2.05, 4.69) is 20.0 Å². The highest BCUT2D eigenvalue weighted by molar-refractivity contribution is 7.22. The lowest BCUT2D eigenvalue weighted by atomic mass is 10.1. The molecule has 2 N–H and O–H groups in total. The third-order valence-electron chi connectivity index (χ3n) is 5.15. The molecular weight excluding hydrogens is 485 g/mol. The molecule has 0 aliphatic carbocycles. The number of ether oxygens (including phenoxy) is 2. The monoisotopic (exact) mass is 508 g/mol. The second kappa shape index (κ2) is 10.6. The van der Waals surface area contributed by atoms with Crippen molar-refractivity contribution in [3.63, 3.8) is 0 Å². The summed E-state index contributed by atoms with van der Waals surface area (Å²) < 4.78 is 49.1. The maximum atomic E-state index is 12.5. The van der Waals surface area contributed by atoms with Gasteiger partial charge in [0.1, 0.15) is 5.75 Å². The lowest BCUT2D eigenvalue weighted by Crippen LogP contribution is -2.16. The molecule has 2 aromatic carbocycles. The van der Waals surface area contributed by atoms with E-state index >= 15 is 0 Å². The molecule has 0 aliphatic heterocycles. The Morgan fingerprint density at radius 1 is 1.11 bits per heavy atom. The molecule has 0 atom stereocenters. The number of benzene rings is 2. The highest BCUT2D eigenvalue weighted by Gasteiger charge is 2.31. The SMILES string of the molecule is Cn1c(Nc2nc3ccc(OC(F)(F)F)cc3s2)nc2cc(C(=O)CCCOCCCO)ccc21. The molecule has 2 aromatic heterocycles. The predicted molar refractivity (Wildman–Crippen MR) is 126 cm³/mol. The third-order valence-corrected chi connectivity index (χ3v) is 6.09. The van der Waals surface area contributed by atoms with E-state index in [1.807, 2.05) is 17.7 Å². The highest BCUT2D eigenvalue weighted by Crippen LogP contribution is 2.33. The van der Waals surface area contributed by atoms with Crippen molar-refractivity contribution in [2.45, 2.75) is 25.6 Å². The number of nitrogens with zero attached hydrogens (tertiary/aromatic N) is 3. The Bertz CT molecular complexity index is 1340. The Morgan fingerprint density at radius 3 is 2.69 bits per heavy atom. The van der Waals surface area contributed by atoms with Crippen LogP contribution in [0, 0.1) is 0 Å². The number of aliphatic hydroxyl groups is 1. The van der Waals surface area contributed by atoms with Crippen molar-refractivity contribution in [1.82, 2.24) is 14.5 Å². The van der Waals surface area contributed by atoms with Gasteiger partial charge in [-0.3, -0.25) is 4.79 Å². The number of anilines is 2. The number of aliphatic hydroxyl groups excluding tert-OH is 1. The van der Waals surface area contributed by atoms with Crippen molar-refractivity contribution in [1.29, 1.82) is 0 Å². The standard InChI is InChI=1S/C23H23F3N4O4S/c1-30-18-8-5-14(19(32)4-2-10-33-11-3-9-31)12-17(18)27-21(30)29-22-28-16-7-6-15(13-20(16)35-22)34-23(24,25)26/h5-8,12-13,31H,2-4,9-11H2,1H3,(H,27,28,29). The highest BCUT2D eigenvalue weighted by atomic mass is 32.1. The van der Waals surface area contributed by atoms with Gasteiger partial charge in [0.05, 0.1) is 21.3 Å². The average Bonchev–Trinajstić information content (AvgIpc) is 3.34. The molecule has 0 saturated carbocycles. The van der Waals surface area contributed by atoms with E-state index in [4.69, 9.17) is 9.84 Å². The van der Waals surface area contributed by atoms with Crippen molar-refractivity contribution >= 4 is 49.4 Å². The molecule has 0 aliphatic rings. The van der Waals surface area contributed by atoms with E-state index < -0.39 is 6.36 Å². The minimum absolute atomic E-state index is 0.0131. The number of nitrogens with one attached hydrogen (secondary N) is 1. The van der Waals surface area contributed by atoms with Crippen LogP contribution < -0.4 is 10.1 Å². The van der Waals surface area contributed by atoms with Gasteiger partial charge in [0.2, 0.25) is 5.95 Å². The van der Waals surface area contributed by atoms with E-state index in [0.717, 1.165) is 5.52 Å². The van der Waals surface area contributed by atoms with Gasteiger partial charge in [0.25, 0.3) is 0 Å². The fraction of sp³-hybridized carbons (Fsp3) is 0.348. The van der Waals surface area contributed by atoms with E-state index in [9.17, 15) is 18.0 Å². The molecule has 8 nitrogen and oxygen atoms in total. The van der Waals surface area contributed by atoms with Crippen LogP contribution in [0.3, 0.4) is 0 Å². The van der Waals surface area contributed by atoms with Gasteiger partial charge >= 0.3 is 6.36 Å². The molecule has 0 saturated heterocycles. The molecule has 35 heavy (non-hydrogen) atoms. The van der Waals surface area contributed by atoms with Gasteiger partial charge < -0.3 is 24.5 Å². The van der Waals surface area contributed by atoms with Gasteiger partial charge in [-0.1, -0.05) is 11.3 Å². The van der Waals surface area contributed by atoms with Crippen LogP contribution in [0.4, 0.5) is 24.3 Å². The second-order valence-electron chi connectivity index (χ2n) is 7.74. The Labute approximate surface area is 202 Å². The minimum atomic E-state index is -4.76. The van der Waals surface area contributed by atoms with Crippen LogP contribution in [-0.2, 0) is 11.8 Å². The Kier molecular flexibility index (Phi) is 7.53. The average molecular weight is 509 g/mol. The molecule has 2 heterocycles. The summed E-state index contributed by atoms with van der Waals surface area (Å²) in [6, 6.07) is 9.27. The number of aromatic nitrogens is 3. The molecular formula is C23H23F3N4O4S. The first-order valence-electron chi connectivity index (χ1n) is 10.8. The van der Waals surface area contributed by atoms with E-state index in [1.54, 1.807) is 12.1 Å². The van der Waals surface area contributed by atoms with Gasteiger partial charge in [-0.2, -0.15) is 0 Å². The number of hydrogen-bond acceptors (Lipinski definition) is 8. The number of carbonyl (C=O) groups excluding carboxylic acids is 1. The Balaban J connectivity index is 1.45. The molecule has 0 amide bonds. The Hall–Kier alpha value is -3.22. The number of halogens is 3. The molecule has 186 valence electrons. The van der Waals surface area contributed by atoms with Crippen LogP contribution in [0.25, 0.3) is 21.3 Å². The minimum Gasteiger partial charge on any atom is -0.406 e. The summed E-state index contributed by atoms with van der Waals surface area (Å²) in [7, 11) is 1.81. The summed E-state index contributed by atoms with van der Waals surface area (Å²) in [6.45, 7) is 1.01. The van der Waals surface area contributed by atoms with Crippen molar-refractivity contribution in [2.75, 3.05) is 25.1 Å². The quantitative estimate of drug-likeness (QED) is 0.213. The van der Waals surface area contributed by atoms with Gasteiger partial charge in [0, 0.05) is 44.9 Å². The van der Waals surface area contributed by atoms with Crippen LogP contribution in [0.15, 0.2) is 36.4 Å². The fourth-order valence-electron chi connectivity index (χ4n) is 3.48. The summed E-state index contributed by atoms with van der Waals surface area (Å²) in [5, 5.41) is 12.3. The second-order valence-corrected chi connectivity index (χ2v) is 8.77. The van der Waals surface area contributed by atoms with E-state index in [1.165, 1.54) is 29.5 Å². The molecule has 4 aromatic rings. The summed E-state index contributed by atoms with van der Waals surface area (Å²) in [5.41, 5.74) is 2.51. The molecule has 12 heteroatoms. The maximum absolute atomic E-state index is 12.5. The first-order chi connectivity index (χ1) is 16.7. The molecule has 0 radical (unpaired) electrons. The number of Topliss-reactive ketones (excluding diaryl/α,β-unsaturated/α-hetero) is 1. The smallest absolute Gasteiger partial charge is 0.406 e. The van der Waals surface area contributed by atoms with Crippen LogP contribution in [-0.4, -0.2) is 51.6 Å². The zero-order valence-corrected chi connectivity index (χ0v) is 19.6. The zero-order chi connectivity index (χ0) is 25.0. The number of ketones is 1.